The number of carbonyl (C=O) groups is 1. The van der Waals surface area contributed by atoms with Crippen molar-refractivity contribution < 1.29 is 18.7 Å². The second-order valence-corrected chi connectivity index (χ2v) is 2.06. The summed E-state index contributed by atoms with van der Waals surface area (Å²) in [4.78, 5) is 9.80. The van der Waals surface area contributed by atoms with Gasteiger partial charge in [0.1, 0.15) is 6.42 Å². The van der Waals surface area contributed by atoms with Crippen molar-refractivity contribution in [3.05, 3.63) is 12.2 Å². The van der Waals surface area contributed by atoms with E-state index in [-0.39, 0.29) is 0 Å². The molecule has 0 unspecified atom stereocenters. The van der Waals surface area contributed by atoms with Crippen LogP contribution in [0.5, 0.6) is 0 Å². The highest BCUT2D eigenvalue weighted by molar-refractivity contribution is 5.68. The fourth-order valence-electron chi connectivity index (χ4n) is 0.341. The minimum atomic E-state index is -3.27. The second kappa shape index (κ2) is 2.77. The third kappa shape index (κ3) is 2.57. The molecule has 0 fully saturated rings. The largest absolute Gasteiger partial charge is 0.481 e. The highest BCUT2D eigenvalue weighted by atomic mass is 19.3. The van der Waals surface area contributed by atoms with Gasteiger partial charge in [-0.1, -0.05) is 6.58 Å². The first kappa shape index (κ1) is 9.07. The highest BCUT2D eigenvalue weighted by Gasteiger charge is 2.32. The van der Waals surface area contributed by atoms with Crippen molar-refractivity contribution in [2.75, 3.05) is 0 Å². The Morgan fingerprint density at radius 3 is 2.20 bits per heavy atom. The summed E-state index contributed by atoms with van der Waals surface area (Å²) in [6.07, 6.45) is -1.18. The Hall–Kier alpha value is -0.930. The lowest BCUT2D eigenvalue weighted by molar-refractivity contribution is -0.142. The van der Waals surface area contributed by atoms with Crippen LogP contribution in [0.25, 0.3) is 0 Å². The molecule has 0 bridgehead atoms. The molecule has 58 valence electrons. The Bertz CT molecular complexity index is 163. The van der Waals surface area contributed by atoms with Gasteiger partial charge in [0.05, 0.1) is 0 Å². The zero-order chi connectivity index (χ0) is 8.36. The summed E-state index contributed by atoms with van der Waals surface area (Å²) < 4.78 is 24.6. The first-order valence-electron chi connectivity index (χ1n) is 2.62. The molecule has 0 aromatic heterocycles. The number of carboxylic acid groups (broad SMARTS) is 1. The Morgan fingerprint density at radius 2 is 2.10 bits per heavy atom. The van der Waals surface area contributed by atoms with E-state index in [4.69, 9.17) is 5.11 Å². The van der Waals surface area contributed by atoms with Crippen LogP contribution < -0.4 is 0 Å². The van der Waals surface area contributed by atoms with Crippen LogP contribution in [0.15, 0.2) is 12.2 Å². The molecule has 0 spiro atoms. The van der Waals surface area contributed by atoms with E-state index in [2.05, 4.69) is 6.58 Å². The summed E-state index contributed by atoms with van der Waals surface area (Å²) in [5.74, 6) is -4.79. The molecule has 0 radical (unpaired) electrons. The van der Waals surface area contributed by atoms with Gasteiger partial charge in [-0.25, -0.2) is 8.78 Å². The van der Waals surface area contributed by atoms with E-state index in [1.807, 2.05) is 0 Å². The summed E-state index contributed by atoms with van der Waals surface area (Å²) in [6, 6.07) is 0. The molecule has 0 heterocycles. The summed E-state index contributed by atoms with van der Waals surface area (Å²) in [5, 5.41) is 7.98. The number of aliphatic carboxylic acids is 1. The Balaban J connectivity index is 4.13. The fraction of sp³-hybridized carbons (Fsp3) is 0.500. The summed E-state index contributed by atoms with van der Waals surface area (Å²) in [7, 11) is 0. The topological polar surface area (TPSA) is 37.3 Å². The van der Waals surface area contributed by atoms with Crippen molar-refractivity contribution in [3.63, 3.8) is 0 Å². The van der Waals surface area contributed by atoms with E-state index in [1.54, 1.807) is 0 Å². The minimum Gasteiger partial charge on any atom is -0.481 e. The SMILES string of the molecule is C=C(C)C(F)(F)CC(=O)O. The molecule has 0 saturated carbocycles. The molecule has 2 nitrogen and oxygen atoms in total. The molecular weight excluding hydrogens is 142 g/mol. The van der Waals surface area contributed by atoms with Crippen molar-refractivity contribution >= 4 is 5.97 Å². The summed E-state index contributed by atoms with van der Waals surface area (Å²) in [6.45, 7) is 4.07. The van der Waals surface area contributed by atoms with Crippen LogP contribution in [0.3, 0.4) is 0 Å². The van der Waals surface area contributed by atoms with Crippen LogP contribution >= 0.6 is 0 Å². The lowest BCUT2D eigenvalue weighted by Crippen LogP contribution is -2.21. The third-order valence-corrected chi connectivity index (χ3v) is 0.998. The Labute approximate surface area is 57.2 Å². The number of halogens is 2. The quantitative estimate of drug-likeness (QED) is 0.621. The van der Waals surface area contributed by atoms with E-state index in [0.29, 0.717) is 0 Å². The number of alkyl halides is 2. The van der Waals surface area contributed by atoms with Crippen LogP contribution in [0.4, 0.5) is 8.78 Å². The van der Waals surface area contributed by atoms with Gasteiger partial charge in [0.25, 0.3) is 5.92 Å². The highest BCUT2D eigenvalue weighted by Crippen LogP contribution is 2.25. The molecule has 4 heteroatoms. The molecule has 0 amide bonds. The first-order chi connectivity index (χ1) is 4.36. The summed E-state index contributed by atoms with van der Waals surface area (Å²) in [5.41, 5.74) is -0.421. The molecular formula is C6H8F2O2. The van der Waals surface area contributed by atoms with E-state index in [9.17, 15) is 13.6 Å². The van der Waals surface area contributed by atoms with Crippen LogP contribution in [-0.2, 0) is 4.79 Å². The average Bonchev–Trinajstić information content (AvgIpc) is 1.60. The van der Waals surface area contributed by atoms with Crippen molar-refractivity contribution in [1.29, 1.82) is 0 Å². The van der Waals surface area contributed by atoms with Crippen molar-refractivity contribution in [2.24, 2.45) is 0 Å². The predicted octanol–water partition coefficient (Wildman–Crippen LogP) is 1.67. The molecule has 0 aromatic rings. The van der Waals surface area contributed by atoms with Crippen LogP contribution in [0, 0.1) is 0 Å². The van der Waals surface area contributed by atoms with E-state index in [1.165, 1.54) is 0 Å². The number of hydrogen-bond donors (Lipinski definition) is 1. The van der Waals surface area contributed by atoms with Gasteiger partial charge >= 0.3 is 5.97 Å². The minimum absolute atomic E-state index is 0.421. The van der Waals surface area contributed by atoms with Gasteiger partial charge < -0.3 is 5.11 Å². The predicted molar refractivity (Wildman–Crippen MR) is 32.0 cm³/mol. The van der Waals surface area contributed by atoms with Crippen molar-refractivity contribution in [1.82, 2.24) is 0 Å². The maximum Gasteiger partial charge on any atom is 0.309 e. The van der Waals surface area contributed by atoms with Gasteiger partial charge in [0.2, 0.25) is 0 Å². The van der Waals surface area contributed by atoms with Gasteiger partial charge in [-0.3, -0.25) is 4.79 Å². The molecule has 0 atom stereocenters. The zero-order valence-electron chi connectivity index (χ0n) is 5.53. The smallest absolute Gasteiger partial charge is 0.309 e. The lowest BCUT2D eigenvalue weighted by atomic mass is 10.1. The molecule has 0 aromatic carbocycles. The third-order valence-electron chi connectivity index (χ3n) is 0.998. The molecule has 0 aliphatic carbocycles. The standard InChI is InChI=1S/C6H8F2O2/c1-4(2)6(7,8)3-5(9)10/h1,3H2,2H3,(H,9,10). The molecule has 1 N–H and O–H groups in total. The van der Waals surface area contributed by atoms with Crippen LogP contribution in [-0.4, -0.2) is 17.0 Å². The Kier molecular flexibility index (Phi) is 2.51. The molecule has 0 rings (SSSR count). The average molecular weight is 150 g/mol. The van der Waals surface area contributed by atoms with Gasteiger partial charge in [0.15, 0.2) is 0 Å². The monoisotopic (exact) mass is 150 g/mol. The van der Waals surface area contributed by atoms with Gasteiger partial charge in [-0.2, -0.15) is 0 Å². The second-order valence-electron chi connectivity index (χ2n) is 2.06. The van der Waals surface area contributed by atoms with Crippen molar-refractivity contribution in [2.45, 2.75) is 19.3 Å². The number of hydrogen-bond acceptors (Lipinski definition) is 1. The van der Waals surface area contributed by atoms with Crippen molar-refractivity contribution in [3.8, 4) is 0 Å². The molecule has 0 aliphatic rings. The maximum absolute atomic E-state index is 12.3. The molecule has 0 aliphatic heterocycles. The van der Waals surface area contributed by atoms with Gasteiger partial charge in [-0.15, -0.1) is 0 Å². The summed E-state index contributed by atoms with van der Waals surface area (Å²) >= 11 is 0. The van der Waals surface area contributed by atoms with E-state index >= 15 is 0 Å². The van der Waals surface area contributed by atoms with E-state index in [0.717, 1.165) is 6.92 Å². The lowest BCUT2D eigenvalue weighted by Gasteiger charge is -2.12. The number of carboxylic acids is 1. The number of rotatable bonds is 3. The molecule has 10 heavy (non-hydrogen) atoms. The number of allylic oxidation sites excluding steroid dienone is 1. The maximum atomic E-state index is 12.3. The van der Waals surface area contributed by atoms with Gasteiger partial charge in [0, 0.05) is 0 Å². The van der Waals surface area contributed by atoms with Crippen LogP contribution in [0.2, 0.25) is 0 Å². The fourth-order valence-corrected chi connectivity index (χ4v) is 0.341. The first-order valence-corrected chi connectivity index (χ1v) is 2.62. The molecule has 0 saturated heterocycles. The zero-order valence-corrected chi connectivity index (χ0v) is 5.53. The Morgan fingerprint density at radius 1 is 1.70 bits per heavy atom. The van der Waals surface area contributed by atoms with E-state index < -0.39 is 23.9 Å². The van der Waals surface area contributed by atoms with Crippen LogP contribution in [0.1, 0.15) is 13.3 Å². The van der Waals surface area contributed by atoms with Gasteiger partial charge in [-0.05, 0) is 12.5 Å². The normalized spacial score (nSPS) is 11.1.